The number of aromatic carboxylic acids is 1. The predicted molar refractivity (Wildman–Crippen MR) is 61.0 cm³/mol. The summed E-state index contributed by atoms with van der Waals surface area (Å²) >= 11 is 0. The van der Waals surface area contributed by atoms with E-state index in [0.717, 1.165) is 17.2 Å². The number of fused-ring (bicyclic) bond motifs is 1. The van der Waals surface area contributed by atoms with Crippen LogP contribution in [0.2, 0.25) is 0 Å². The van der Waals surface area contributed by atoms with Crippen molar-refractivity contribution in [1.29, 1.82) is 0 Å². The maximum Gasteiger partial charge on any atom is 0.336 e. The SMILES string of the molecule is Cc1cc(C)c2[nH]c(=O)cc(C(=O)O)c2c1. The van der Waals surface area contributed by atoms with Crippen molar-refractivity contribution in [1.82, 2.24) is 4.98 Å². The Morgan fingerprint density at radius 2 is 1.94 bits per heavy atom. The highest BCUT2D eigenvalue weighted by Gasteiger charge is 2.11. The number of carboxylic acids is 1. The first-order valence-electron chi connectivity index (χ1n) is 4.86. The van der Waals surface area contributed by atoms with Gasteiger partial charge in [-0.3, -0.25) is 4.79 Å². The minimum absolute atomic E-state index is 0.0468. The first-order valence-corrected chi connectivity index (χ1v) is 4.86. The molecule has 0 bridgehead atoms. The van der Waals surface area contributed by atoms with Gasteiger partial charge in [-0.05, 0) is 25.5 Å². The molecule has 1 heterocycles. The standard InChI is InChI=1S/C12H11NO3/c1-6-3-7(2)11-8(4-6)9(12(15)16)5-10(14)13-11/h3-5H,1-2H3,(H,13,14)(H,15,16). The topological polar surface area (TPSA) is 70.2 Å². The largest absolute Gasteiger partial charge is 0.478 e. The molecule has 0 spiro atoms. The van der Waals surface area contributed by atoms with Crippen molar-refractivity contribution < 1.29 is 9.90 Å². The molecule has 0 atom stereocenters. The molecule has 4 nitrogen and oxygen atoms in total. The Kier molecular flexibility index (Phi) is 2.27. The van der Waals surface area contributed by atoms with Gasteiger partial charge < -0.3 is 10.1 Å². The highest BCUT2D eigenvalue weighted by molar-refractivity contribution is 6.03. The molecule has 0 unspecified atom stereocenters. The number of carboxylic acid groups (broad SMARTS) is 1. The second-order valence-corrected chi connectivity index (χ2v) is 3.86. The fraction of sp³-hybridized carbons (Fsp3) is 0.167. The number of aromatic nitrogens is 1. The molecular formula is C12H11NO3. The Labute approximate surface area is 91.5 Å². The van der Waals surface area contributed by atoms with Crippen molar-refractivity contribution in [2.75, 3.05) is 0 Å². The van der Waals surface area contributed by atoms with E-state index in [0.29, 0.717) is 10.9 Å². The average Bonchev–Trinajstić information content (AvgIpc) is 2.18. The van der Waals surface area contributed by atoms with Crippen molar-refractivity contribution in [3.63, 3.8) is 0 Å². The molecule has 0 aliphatic carbocycles. The molecule has 1 aromatic carbocycles. The normalized spacial score (nSPS) is 10.6. The summed E-state index contributed by atoms with van der Waals surface area (Å²) in [6.45, 7) is 3.74. The lowest BCUT2D eigenvalue weighted by molar-refractivity contribution is 0.0699. The maximum atomic E-state index is 11.3. The van der Waals surface area contributed by atoms with Crippen molar-refractivity contribution in [3.05, 3.63) is 45.2 Å². The van der Waals surface area contributed by atoms with Crippen LogP contribution in [0.15, 0.2) is 23.0 Å². The summed E-state index contributed by atoms with van der Waals surface area (Å²) < 4.78 is 0. The zero-order valence-corrected chi connectivity index (χ0v) is 9.00. The lowest BCUT2D eigenvalue weighted by Crippen LogP contribution is -2.11. The van der Waals surface area contributed by atoms with Gasteiger partial charge in [0, 0.05) is 11.5 Å². The van der Waals surface area contributed by atoms with Gasteiger partial charge in [-0.25, -0.2) is 4.79 Å². The van der Waals surface area contributed by atoms with Gasteiger partial charge in [-0.15, -0.1) is 0 Å². The van der Waals surface area contributed by atoms with Crippen LogP contribution < -0.4 is 5.56 Å². The van der Waals surface area contributed by atoms with Gasteiger partial charge in [0.05, 0.1) is 11.1 Å². The molecule has 0 fully saturated rings. The van der Waals surface area contributed by atoms with Crippen LogP contribution in [0.1, 0.15) is 21.5 Å². The van der Waals surface area contributed by atoms with Crippen LogP contribution in [-0.2, 0) is 0 Å². The second-order valence-electron chi connectivity index (χ2n) is 3.86. The molecule has 0 radical (unpaired) electrons. The molecule has 82 valence electrons. The van der Waals surface area contributed by atoms with E-state index in [1.54, 1.807) is 6.07 Å². The molecule has 2 aromatic rings. The average molecular weight is 217 g/mol. The number of aryl methyl sites for hydroxylation is 2. The number of hydrogen-bond acceptors (Lipinski definition) is 2. The number of benzene rings is 1. The fourth-order valence-electron chi connectivity index (χ4n) is 1.89. The van der Waals surface area contributed by atoms with E-state index in [4.69, 9.17) is 5.11 Å². The zero-order chi connectivity index (χ0) is 11.9. The van der Waals surface area contributed by atoms with Crippen LogP contribution in [0, 0.1) is 13.8 Å². The summed E-state index contributed by atoms with van der Waals surface area (Å²) in [5.41, 5.74) is 2.09. The number of carbonyl (C=O) groups is 1. The van der Waals surface area contributed by atoms with Crippen LogP contribution in [0.3, 0.4) is 0 Å². The van der Waals surface area contributed by atoms with E-state index in [1.165, 1.54) is 0 Å². The van der Waals surface area contributed by atoms with Crippen molar-refractivity contribution >= 4 is 16.9 Å². The van der Waals surface area contributed by atoms with Gasteiger partial charge in [0.2, 0.25) is 5.56 Å². The lowest BCUT2D eigenvalue weighted by Gasteiger charge is -2.06. The van der Waals surface area contributed by atoms with E-state index >= 15 is 0 Å². The third-order valence-corrected chi connectivity index (χ3v) is 2.52. The predicted octanol–water partition coefficient (Wildman–Crippen LogP) is 1.84. The van der Waals surface area contributed by atoms with Crippen molar-refractivity contribution in [3.8, 4) is 0 Å². The van der Waals surface area contributed by atoms with Crippen LogP contribution >= 0.6 is 0 Å². The molecular weight excluding hydrogens is 206 g/mol. The monoisotopic (exact) mass is 217 g/mol. The van der Waals surface area contributed by atoms with Gasteiger partial charge in [-0.1, -0.05) is 11.6 Å². The second kappa shape index (κ2) is 3.48. The molecule has 2 rings (SSSR count). The number of H-pyrrole nitrogens is 1. The van der Waals surface area contributed by atoms with E-state index in [2.05, 4.69) is 4.98 Å². The van der Waals surface area contributed by atoms with Gasteiger partial charge in [-0.2, -0.15) is 0 Å². The number of rotatable bonds is 1. The lowest BCUT2D eigenvalue weighted by atomic mass is 10.0. The molecule has 0 aliphatic rings. The first kappa shape index (κ1) is 10.4. The number of pyridine rings is 1. The maximum absolute atomic E-state index is 11.3. The third-order valence-electron chi connectivity index (χ3n) is 2.52. The molecule has 16 heavy (non-hydrogen) atoms. The summed E-state index contributed by atoms with van der Waals surface area (Å²) in [6.07, 6.45) is 0. The molecule has 0 aliphatic heterocycles. The highest BCUT2D eigenvalue weighted by Crippen LogP contribution is 2.20. The summed E-state index contributed by atoms with van der Waals surface area (Å²) in [6, 6.07) is 4.79. The van der Waals surface area contributed by atoms with E-state index in [-0.39, 0.29) is 5.56 Å². The van der Waals surface area contributed by atoms with Gasteiger partial charge >= 0.3 is 5.97 Å². The van der Waals surface area contributed by atoms with Crippen LogP contribution in [0.4, 0.5) is 0 Å². The third kappa shape index (κ3) is 1.58. The van der Waals surface area contributed by atoms with E-state index in [1.807, 2.05) is 19.9 Å². The Bertz CT molecular complexity index is 640. The smallest absolute Gasteiger partial charge is 0.336 e. The van der Waals surface area contributed by atoms with E-state index < -0.39 is 11.5 Å². The molecule has 0 amide bonds. The Balaban J connectivity index is 3.01. The van der Waals surface area contributed by atoms with Gasteiger partial charge in [0.1, 0.15) is 0 Å². The highest BCUT2D eigenvalue weighted by atomic mass is 16.4. The Morgan fingerprint density at radius 1 is 1.25 bits per heavy atom. The van der Waals surface area contributed by atoms with Gasteiger partial charge in [0.15, 0.2) is 0 Å². The fourth-order valence-corrected chi connectivity index (χ4v) is 1.89. The van der Waals surface area contributed by atoms with Crippen LogP contribution in [0.25, 0.3) is 10.9 Å². The van der Waals surface area contributed by atoms with Gasteiger partial charge in [0.25, 0.3) is 0 Å². The molecule has 4 heteroatoms. The number of aromatic amines is 1. The van der Waals surface area contributed by atoms with Crippen molar-refractivity contribution in [2.45, 2.75) is 13.8 Å². The minimum atomic E-state index is -1.08. The molecule has 2 N–H and O–H groups in total. The Hall–Kier alpha value is -2.10. The first-order chi connectivity index (χ1) is 7.49. The van der Waals surface area contributed by atoms with E-state index in [9.17, 15) is 9.59 Å². The van der Waals surface area contributed by atoms with Crippen LogP contribution in [0.5, 0.6) is 0 Å². The summed E-state index contributed by atoms with van der Waals surface area (Å²) in [5.74, 6) is -1.08. The minimum Gasteiger partial charge on any atom is -0.478 e. The molecule has 1 aromatic heterocycles. The number of hydrogen-bond donors (Lipinski definition) is 2. The Morgan fingerprint density at radius 3 is 2.56 bits per heavy atom. The molecule has 0 saturated carbocycles. The molecule has 0 saturated heterocycles. The summed E-state index contributed by atoms with van der Waals surface area (Å²) in [7, 11) is 0. The zero-order valence-electron chi connectivity index (χ0n) is 9.00. The van der Waals surface area contributed by atoms with Crippen molar-refractivity contribution in [2.24, 2.45) is 0 Å². The summed E-state index contributed by atoms with van der Waals surface area (Å²) in [5, 5.41) is 9.61. The summed E-state index contributed by atoms with van der Waals surface area (Å²) in [4.78, 5) is 25.0. The van der Waals surface area contributed by atoms with Crippen LogP contribution in [-0.4, -0.2) is 16.1 Å². The quantitative estimate of drug-likeness (QED) is 0.765. The number of nitrogens with one attached hydrogen (secondary N) is 1.